The van der Waals surface area contributed by atoms with Crippen LogP contribution in [0.15, 0.2) is 34.9 Å². The van der Waals surface area contributed by atoms with E-state index in [2.05, 4.69) is 5.32 Å². The minimum Gasteiger partial charge on any atom is -0.469 e. The van der Waals surface area contributed by atoms with Gasteiger partial charge in [0.05, 0.1) is 11.8 Å². The number of carbonyl (C=O) groups excluding carboxylic acids is 1. The van der Waals surface area contributed by atoms with E-state index in [1.807, 2.05) is 32.0 Å². The van der Waals surface area contributed by atoms with Gasteiger partial charge in [-0.3, -0.25) is 4.79 Å². The monoisotopic (exact) mass is 229 g/mol. The molecule has 0 aliphatic carbocycles. The normalized spacial score (nSPS) is 10.3. The molecule has 1 aromatic heterocycles. The number of furan rings is 1. The van der Waals surface area contributed by atoms with E-state index in [1.165, 1.54) is 11.8 Å². The average molecular weight is 229 g/mol. The number of carbonyl (C=O) groups is 1. The van der Waals surface area contributed by atoms with Gasteiger partial charge >= 0.3 is 0 Å². The smallest absolute Gasteiger partial charge is 0.259 e. The number of anilines is 1. The number of benzene rings is 1. The lowest BCUT2D eigenvalue weighted by Gasteiger charge is -2.07. The molecule has 3 heteroatoms. The predicted molar refractivity (Wildman–Crippen MR) is 67.3 cm³/mol. The summed E-state index contributed by atoms with van der Waals surface area (Å²) in [6, 6.07) is 7.52. The summed E-state index contributed by atoms with van der Waals surface area (Å²) in [5.74, 6) is 0.492. The van der Waals surface area contributed by atoms with Crippen LogP contribution in [0.25, 0.3) is 0 Å². The minimum absolute atomic E-state index is 0.139. The Bertz CT molecular complexity index is 555. The molecular formula is C14H15NO2. The third-order valence-corrected chi connectivity index (χ3v) is 2.87. The van der Waals surface area contributed by atoms with Gasteiger partial charge in [-0.05, 0) is 50.1 Å². The Morgan fingerprint density at radius 2 is 1.88 bits per heavy atom. The Labute approximate surface area is 100 Å². The van der Waals surface area contributed by atoms with Crippen LogP contribution in [-0.4, -0.2) is 5.91 Å². The largest absolute Gasteiger partial charge is 0.469 e. The van der Waals surface area contributed by atoms with Crippen molar-refractivity contribution in [3.05, 3.63) is 53.0 Å². The number of hydrogen-bond donors (Lipinski definition) is 1. The van der Waals surface area contributed by atoms with Crippen molar-refractivity contribution in [1.29, 1.82) is 0 Å². The molecule has 0 unspecified atom stereocenters. The Morgan fingerprint density at radius 3 is 2.47 bits per heavy atom. The standard InChI is InChI=1S/C14H15NO2/c1-9-4-5-12(8-10(9)2)15-14(16)13-6-7-17-11(13)3/h4-8H,1-3H3,(H,15,16). The number of aryl methyl sites for hydroxylation is 3. The average Bonchev–Trinajstić information content (AvgIpc) is 2.70. The van der Waals surface area contributed by atoms with E-state index in [0.29, 0.717) is 11.3 Å². The van der Waals surface area contributed by atoms with Crippen LogP contribution in [0.5, 0.6) is 0 Å². The summed E-state index contributed by atoms with van der Waals surface area (Å²) in [4.78, 5) is 11.9. The van der Waals surface area contributed by atoms with Crippen molar-refractivity contribution in [2.45, 2.75) is 20.8 Å². The summed E-state index contributed by atoms with van der Waals surface area (Å²) in [7, 11) is 0. The third-order valence-electron chi connectivity index (χ3n) is 2.87. The molecule has 17 heavy (non-hydrogen) atoms. The second-order valence-electron chi connectivity index (χ2n) is 4.14. The van der Waals surface area contributed by atoms with Gasteiger partial charge in [-0.15, -0.1) is 0 Å². The number of amides is 1. The second kappa shape index (κ2) is 4.45. The van der Waals surface area contributed by atoms with E-state index in [1.54, 1.807) is 13.0 Å². The van der Waals surface area contributed by atoms with Gasteiger partial charge in [0.15, 0.2) is 0 Å². The van der Waals surface area contributed by atoms with Crippen LogP contribution in [0.4, 0.5) is 5.69 Å². The van der Waals surface area contributed by atoms with Gasteiger partial charge in [0.2, 0.25) is 0 Å². The third kappa shape index (κ3) is 2.38. The zero-order valence-electron chi connectivity index (χ0n) is 10.2. The van der Waals surface area contributed by atoms with Gasteiger partial charge < -0.3 is 9.73 Å². The molecule has 0 aliphatic heterocycles. The molecule has 1 aromatic carbocycles. The molecule has 0 saturated heterocycles. The molecule has 3 nitrogen and oxygen atoms in total. The van der Waals surface area contributed by atoms with Crippen LogP contribution < -0.4 is 5.32 Å². The van der Waals surface area contributed by atoms with Crippen molar-refractivity contribution in [2.24, 2.45) is 0 Å². The summed E-state index contributed by atoms with van der Waals surface area (Å²) in [6.45, 7) is 5.84. The maximum absolute atomic E-state index is 11.9. The van der Waals surface area contributed by atoms with Gasteiger partial charge in [-0.1, -0.05) is 6.07 Å². The summed E-state index contributed by atoms with van der Waals surface area (Å²) in [5.41, 5.74) is 3.75. The van der Waals surface area contributed by atoms with Crippen molar-refractivity contribution in [3.8, 4) is 0 Å². The lowest BCUT2D eigenvalue weighted by molar-refractivity contribution is 0.102. The first kappa shape index (κ1) is 11.5. The highest BCUT2D eigenvalue weighted by atomic mass is 16.3. The Balaban J connectivity index is 2.19. The quantitative estimate of drug-likeness (QED) is 0.856. The Hall–Kier alpha value is -2.03. The number of nitrogens with one attached hydrogen (secondary N) is 1. The summed E-state index contributed by atoms with van der Waals surface area (Å²) in [5, 5.41) is 2.85. The molecule has 1 N–H and O–H groups in total. The fraction of sp³-hybridized carbons (Fsp3) is 0.214. The zero-order valence-corrected chi connectivity index (χ0v) is 10.2. The Kier molecular flexibility index (Phi) is 3.00. The summed E-state index contributed by atoms with van der Waals surface area (Å²) in [6.07, 6.45) is 1.52. The highest BCUT2D eigenvalue weighted by Gasteiger charge is 2.11. The molecule has 1 heterocycles. The summed E-state index contributed by atoms with van der Waals surface area (Å²) < 4.78 is 5.11. The lowest BCUT2D eigenvalue weighted by atomic mass is 10.1. The molecule has 1 amide bonds. The minimum atomic E-state index is -0.139. The Morgan fingerprint density at radius 1 is 1.12 bits per heavy atom. The van der Waals surface area contributed by atoms with Crippen molar-refractivity contribution in [3.63, 3.8) is 0 Å². The molecular weight excluding hydrogens is 214 g/mol. The van der Waals surface area contributed by atoms with E-state index < -0.39 is 0 Å². The van der Waals surface area contributed by atoms with Crippen LogP contribution in [0.3, 0.4) is 0 Å². The first-order valence-electron chi connectivity index (χ1n) is 5.50. The molecule has 0 atom stereocenters. The van der Waals surface area contributed by atoms with Gasteiger partial charge in [0.1, 0.15) is 5.76 Å². The summed E-state index contributed by atoms with van der Waals surface area (Å²) >= 11 is 0. The van der Waals surface area contributed by atoms with Crippen LogP contribution in [0, 0.1) is 20.8 Å². The number of hydrogen-bond acceptors (Lipinski definition) is 2. The molecule has 0 bridgehead atoms. The van der Waals surface area contributed by atoms with E-state index in [9.17, 15) is 4.79 Å². The molecule has 0 radical (unpaired) electrons. The fourth-order valence-electron chi connectivity index (χ4n) is 1.64. The van der Waals surface area contributed by atoms with Gasteiger partial charge in [-0.2, -0.15) is 0 Å². The van der Waals surface area contributed by atoms with Gasteiger partial charge in [-0.25, -0.2) is 0 Å². The van der Waals surface area contributed by atoms with E-state index in [-0.39, 0.29) is 5.91 Å². The maximum Gasteiger partial charge on any atom is 0.259 e. The van der Waals surface area contributed by atoms with Crippen molar-refractivity contribution in [2.75, 3.05) is 5.32 Å². The molecule has 2 rings (SSSR count). The van der Waals surface area contributed by atoms with E-state index in [0.717, 1.165) is 11.3 Å². The van der Waals surface area contributed by atoms with Crippen LogP contribution >= 0.6 is 0 Å². The second-order valence-corrected chi connectivity index (χ2v) is 4.14. The highest BCUT2D eigenvalue weighted by Crippen LogP contribution is 2.16. The van der Waals surface area contributed by atoms with Gasteiger partial charge in [0.25, 0.3) is 5.91 Å². The molecule has 2 aromatic rings. The SMILES string of the molecule is Cc1ccc(NC(=O)c2ccoc2C)cc1C. The highest BCUT2D eigenvalue weighted by molar-refractivity contribution is 6.04. The molecule has 0 spiro atoms. The molecule has 0 aliphatic rings. The fourth-order valence-corrected chi connectivity index (χ4v) is 1.64. The van der Waals surface area contributed by atoms with Gasteiger partial charge in [0, 0.05) is 5.69 Å². The van der Waals surface area contributed by atoms with Crippen molar-refractivity contribution in [1.82, 2.24) is 0 Å². The van der Waals surface area contributed by atoms with Crippen LogP contribution in [0.1, 0.15) is 27.2 Å². The predicted octanol–water partition coefficient (Wildman–Crippen LogP) is 3.46. The molecule has 0 saturated carbocycles. The zero-order chi connectivity index (χ0) is 12.4. The maximum atomic E-state index is 11.9. The lowest BCUT2D eigenvalue weighted by Crippen LogP contribution is -2.12. The first-order chi connectivity index (χ1) is 8.08. The first-order valence-corrected chi connectivity index (χ1v) is 5.50. The van der Waals surface area contributed by atoms with Crippen molar-refractivity contribution < 1.29 is 9.21 Å². The molecule has 88 valence electrons. The van der Waals surface area contributed by atoms with Crippen LogP contribution in [-0.2, 0) is 0 Å². The van der Waals surface area contributed by atoms with Crippen LogP contribution in [0.2, 0.25) is 0 Å². The topological polar surface area (TPSA) is 42.2 Å². The van der Waals surface area contributed by atoms with E-state index >= 15 is 0 Å². The number of rotatable bonds is 2. The molecule has 0 fully saturated rings. The van der Waals surface area contributed by atoms with E-state index in [4.69, 9.17) is 4.42 Å². The van der Waals surface area contributed by atoms with Crippen molar-refractivity contribution >= 4 is 11.6 Å².